The van der Waals surface area contributed by atoms with Gasteiger partial charge in [-0.3, -0.25) is 14.3 Å². The van der Waals surface area contributed by atoms with Crippen LogP contribution in [0.5, 0.6) is 5.75 Å². The topological polar surface area (TPSA) is 87.5 Å². The predicted octanol–water partition coefficient (Wildman–Crippen LogP) is 2.91. The van der Waals surface area contributed by atoms with Crippen LogP contribution >= 0.6 is 0 Å². The molecule has 2 atom stereocenters. The molecule has 3 heterocycles. The number of carbonyl (C=O) groups is 2. The van der Waals surface area contributed by atoms with E-state index in [0.29, 0.717) is 24.1 Å². The van der Waals surface area contributed by atoms with E-state index in [9.17, 15) is 14.7 Å². The summed E-state index contributed by atoms with van der Waals surface area (Å²) in [6, 6.07) is 12.0. The van der Waals surface area contributed by atoms with Crippen molar-refractivity contribution < 1.29 is 14.7 Å². The molecule has 1 aromatic heterocycles. The lowest BCUT2D eigenvalue weighted by atomic mass is 9.73. The van der Waals surface area contributed by atoms with Gasteiger partial charge in [0.05, 0.1) is 12.2 Å². The maximum absolute atomic E-state index is 13.6. The molecule has 2 aromatic carbocycles. The van der Waals surface area contributed by atoms with Gasteiger partial charge < -0.3 is 15.3 Å². The van der Waals surface area contributed by atoms with Crippen LogP contribution in [0, 0.1) is 6.92 Å². The molecule has 0 unspecified atom stereocenters. The molecule has 2 aliphatic rings. The molecule has 2 amide bonds. The molecule has 1 spiro atoms. The highest BCUT2D eigenvalue weighted by Gasteiger charge is 2.59. The number of nitrogens with one attached hydrogen (secondary N) is 1. The number of phenols is 1. The highest BCUT2D eigenvalue weighted by atomic mass is 16.3. The second-order valence-electron chi connectivity index (χ2n) is 8.07. The van der Waals surface area contributed by atoms with Crippen molar-refractivity contribution in [3.63, 3.8) is 0 Å². The number of amides is 2. The summed E-state index contributed by atoms with van der Waals surface area (Å²) in [5.41, 5.74) is 2.90. The largest absolute Gasteiger partial charge is 0.508 e. The van der Waals surface area contributed by atoms with Crippen LogP contribution in [0.2, 0.25) is 0 Å². The van der Waals surface area contributed by atoms with Crippen LogP contribution in [0.1, 0.15) is 39.5 Å². The second kappa shape index (κ2) is 6.45. The quantitative estimate of drug-likeness (QED) is 0.690. The smallest absolute Gasteiger partial charge is 0.254 e. The van der Waals surface area contributed by atoms with Crippen molar-refractivity contribution in [1.82, 2.24) is 14.7 Å². The van der Waals surface area contributed by atoms with Crippen LogP contribution in [0.15, 0.2) is 54.9 Å². The summed E-state index contributed by atoms with van der Waals surface area (Å²) in [5.74, 6) is -0.125. The van der Waals surface area contributed by atoms with E-state index in [2.05, 4.69) is 10.4 Å². The molecule has 0 radical (unpaired) electrons. The predicted molar refractivity (Wildman–Crippen MR) is 111 cm³/mol. The average molecular weight is 402 g/mol. The van der Waals surface area contributed by atoms with Crippen LogP contribution in [-0.4, -0.2) is 38.1 Å². The molecule has 0 bridgehead atoms. The van der Waals surface area contributed by atoms with E-state index in [0.717, 1.165) is 16.8 Å². The van der Waals surface area contributed by atoms with Gasteiger partial charge in [0, 0.05) is 36.6 Å². The minimum absolute atomic E-state index is 0.0877. The number of aryl methyl sites for hydroxylation is 2. The van der Waals surface area contributed by atoms with Crippen LogP contribution in [0.25, 0.3) is 0 Å². The molecule has 30 heavy (non-hydrogen) atoms. The third kappa shape index (κ3) is 2.48. The standard InChI is InChI=1S/C23H22N4O3/c1-14-11-16(28)7-8-17(14)21(29)27-10-9-23(20(27)15-12-24-26(2)13-15)18-5-3-4-6-19(18)25-22(23)30/h3-8,11-13,20,28H,9-10H2,1-2H3,(H,25,30)/t20-,23+/m0/s1. The number of para-hydroxylation sites is 1. The third-order valence-electron chi connectivity index (χ3n) is 6.33. The van der Waals surface area contributed by atoms with Gasteiger partial charge in [-0.2, -0.15) is 5.10 Å². The molecule has 1 saturated heterocycles. The lowest BCUT2D eigenvalue weighted by Gasteiger charge is -2.33. The van der Waals surface area contributed by atoms with Crippen molar-refractivity contribution in [2.24, 2.45) is 7.05 Å². The minimum Gasteiger partial charge on any atom is -0.508 e. The summed E-state index contributed by atoms with van der Waals surface area (Å²) < 4.78 is 1.69. The lowest BCUT2D eigenvalue weighted by Crippen LogP contribution is -2.42. The zero-order chi connectivity index (χ0) is 21.0. The Labute approximate surface area is 173 Å². The zero-order valence-corrected chi connectivity index (χ0v) is 16.8. The summed E-state index contributed by atoms with van der Waals surface area (Å²) in [6.07, 6.45) is 4.13. The van der Waals surface area contributed by atoms with Gasteiger partial charge >= 0.3 is 0 Å². The van der Waals surface area contributed by atoms with E-state index >= 15 is 0 Å². The van der Waals surface area contributed by atoms with Crippen LogP contribution in [0.3, 0.4) is 0 Å². The van der Waals surface area contributed by atoms with Gasteiger partial charge in [-0.25, -0.2) is 0 Å². The number of anilines is 1. The van der Waals surface area contributed by atoms with E-state index < -0.39 is 11.5 Å². The number of nitrogens with zero attached hydrogens (tertiary/aromatic N) is 3. The molecule has 2 aliphatic heterocycles. The van der Waals surface area contributed by atoms with E-state index in [1.54, 1.807) is 34.8 Å². The van der Waals surface area contributed by atoms with Gasteiger partial charge in [-0.1, -0.05) is 18.2 Å². The van der Waals surface area contributed by atoms with E-state index in [1.165, 1.54) is 6.07 Å². The third-order valence-corrected chi connectivity index (χ3v) is 6.33. The molecule has 7 heteroatoms. The number of hydrogen-bond acceptors (Lipinski definition) is 4. The van der Waals surface area contributed by atoms with E-state index in [-0.39, 0.29) is 17.6 Å². The fraction of sp³-hybridized carbons (Fsp3) is 0.261. The molecule has 0 aliphatic carbocycles. The SMILES string of the molecule is Cc1cc(O)ccc1C(=O)N1CC[C@]2(C(=O)Nc3ccccc32)[C@@H]1c1cnn(C)c1. The van der Waals surface area contributed by atoms with Crippen molar-refractivity contribution in [1.29, 1.82) is 0 Å². The van der Waals surface area contributed by atoms with Crippen LogP contribution < -0.4 is 5.32 Å². The molecule has 152 valence electrons. The lowest BCUT2D eigenvalue weighted by molar-refractivity contribution is -0.121. The van der Waals surface area contributed by atoms with Crippen molar-refractivity contribution in [3.05, 3.63) is 77.1 Å². The van der Waals surface area contributed by atoms with Gasteiger partial charge in [0.25, 0.3) is 5.91 Å². The van der Waals surface area contributed by atoms with Crippen LogP contribution in [0.4, 0.5) is 5.69 Å². The summed E-state index contributed by atoms with van der Waals surface area (Å²) in [6.45, 7) is 2.25. The Morgan fingerprint density at radius 1 is 1.27 bits per heavy atom. The molecule has 3 aromatic rings. The first-order chi connectivity index (χ1) is 14.4. The summed E-state index contributed by atoms with van der Waals surface area (Å²) in [7, 11) is 1.82. The highest BCUT2D eigenvalue weighted by Crippen LogP contribution is 2.54. The van der Waals surface area contributed by atoms with Gasteiger partial charge in [0.2, 0.25) is 5.91 Å². The van der Waals surface area contributed by atoms with Gasteiger partial charge in [0.15, 0.2) is 0 Å². The average Bonchev–Trinajstić information content (AvgIpc) is 3.39. The second-order valence-corrected chi connectivity index (χ2v) is 8.07. The summed E-state index contributed by atoms with van der Waals surface area (Å²) in [4.78, 5) is 28.7. The highest BCUT2D eigenvalue weighted by molar-refractivity contribution is 6.08. The molecule has 5 rings (SSSR count). The maximum atomic E-state index is 13.6. The Morgan fingerprint density at radius 3 is 2.80 bits per heavy atom. The van der Waals surface area contributed by atoms with Crippen LogP contribution in [-0.2, 0) is 17.3 Å². The molecule has 0 saturated carbocycles. The number of rotatable bonds is 2. The number of carbonyl (C=O) groups excluding carboxylic acids is 2. The number of likely N-dealkylation sites (tertiary alicyclic amines) is 1. The van der Waals surface area contributed by atoms with Crippen molar-refractivity contribution in [3.8, 4) is 5.75 Å². The fourth-order valence-electron chi connectivity index (χ4n) is 4.99. The van der Waals surface area contributed by atoms with Crippen molar-refractivity contribution >= 4 is 17.5 Å². The summed E-state index contributed by atoms with van der Waals surface area (Å²) >= 11 is 0. The maximum Gasteiger partial charge on any atom is 0.254 e. The number of hydrogen-bond donors (Lipinski definition) is 2. The van der Waals surface area contributed by atoms with Gasteiger partial charge in [-0.15, -0.1) is 0 Å². The number of phenolic OH excluding ortho intramolecular Hbond substituents is 1. The van der Waals surface area contributed by atoms with Gasteiger partial charge in [0.1, 0.15) is 11.2 Å². The monoisotopic (exact) mass is 402 g/mol. The van der Waals surface area contributed by atoms with Crippen molar-refractivity contribution in [2.75, 3.05) is 11.9 Å². The first-order valence-electron chi connectivity index (χ1n) is 9.92. The Bertz CT molecular complexity index is 1180. The van der Waals surface area contributed by atoms with Gasteiger partial charge in [-0.05, 0) is 48.7 Å². The first-order valence-corrected chi connectivity index (χ1v) is 9.92. The first kappa shape index (κ1) is 18.4. The van der Waals surface area contributed by atoms with E-state index in [1.807, 2.05) is 37.5 Å². The minimum atomic E-state index is -0.861. The number of benzene rings is 2. The molecule has 1 fully saturated rings. The normalized spacial score (nSPS) is 22.4. The van der Waals surface area contributed by atoms with Crippen molar-refractivity contribution in [2.45, 2.75) is 24.8 Å². The number of fused-ring (bicyclic) bond motifs is 2. The molecular formula is C23H22N4O3. The Hall–Kier alpha value is -3.61. The summed E-state index contributed by atoms with van der Waals surface area (Å²) in [5, 5.41) is 17.1. The fourth-order valence-corrected chi connectivity index (χ4v) is 4.99. The Kier molecular flexibility index (Phi) is 3.96. The molecule has 7 nitrogen and oxygen atoms in total. The zero-order valence-electron chi connectivity index (χ0n) is 16.8. The Morgan fingerprint density at radius 2 is 2.07 bits per heavy atom. The Balaban J connectivity index is 1.66. The molecule has 2 N–H and O–H groups in total. The molecular weight excluding hydrogens is 380 g/mol. The number of aromatic hydroxyl groups is 1. The van der Waals surface area contributed by atoms with E-state index in [4.69, 9.17) is 0 Å². The number of aromatic nitrogens is 2.